The fraction of sp³-hybridized carbons (Fsp3) is 1.00. The summed E-state index contributed by atoms with van der Waals surface area (Å²) in [6, 6.07) is 0. The van der Waals surface area contributed by atoms with E-state index in [1.54, 1.807) is 0 Å². The van der Waals surface area contributed by atoms with Crippen molar-refractivity contribution in [3.8, 4) is 0 Å². The molecule has 0 radical (unpaired) electrons. The first kappa shape index (κ1) is 18.0. The summed E-state index contributed by atoms with van der Waals surface area (Å²) < 4.78 is 6.13. The minimum atomic E-state index is 0.476. The molecule has 0 heterocycles. The van der Waals surface area contributed by atoms with Gasteiger partial charge in [-0.3, -0.25) is 0 Å². The van der Waals surface area contributed by atoms with Crippen molar-refractivity contribution in [2.75, 3.05) is 26.2 Å². The van der Waals surface area contributed by atoms with Gasteiger partial charge in [0.25, 0.3) is 0 Å². The van der Waals surface area contributed by atoms with E-state index in [0.29, 0.717) is 11.5 Å². The number of nitrogens with zero attached hydrogens (tertiary/aromatic N) is 1. The quantitative estimate of drug-likeness (QED) is 0.638. The Kier molecular flexibility index (Phi) is 8.13. The molecule has 20 heavy (non-hydrogen) atoms. The van der Waals surface area contributed by atoms with Crippen LogP contribution in [0, 0.1) is 11.3 Å². The normalized spacial score (nSPS) is 24.3. The molecular weight excluding hydrogens is 246 g/mol. The van der Waals surface area contributed by atoms with E-state index in [4.69, 9.17) is 4.74 Å². The monoisotopic (exact) mass is 283 g/mol. The molecule has 0 spiro atoms. The molecule has 1 fully saturated rings. The number of hydrogen-bond donors (Lipinski definition) is 0. The molecule has 0 aromatic carbocycles. The maximum Gasteiger partial charge on any atom is 0.0597 e. The Morgan fingerprint density at radius 3 is 1.90 bits per heavy atom. The topological polar surface area (TPSA) is 12.5 Å². The molecule has 0 amide bonds. The van der Waals surface area contributed by atoms with E-state index in [9.17, 15) is 0 Å². The Balaban J connectivity index is 2.17. The first-order valence-electron chi connectivity index (χ1n) is 8.81. The van der Waals surface area contributed by atoms with E-state index in [0.717, 1.165) is 19.1 Å². The summed E-state index contributed by atoms with van der Waals surface area (Å²) in [6.07, 6.45) is 8.25. The lowest BCUT2D eigenvalue weighted by atomic mass is 9.72. The second kappa shape index (κ2) is 9.04. The summed E-state index contributed by atoms with van der Waals surface area (Å²) in [6.45, 7) is 16.1. The van der Waals surface area contributed by atoms with Crippen molar-refractivity contribution in [2.24, 2.45) is 11.3 Å². The standard InChI is InChI=1S/C18H37NO/c1-6-12-19(13-7-2)14-15-20-17-10-8-16(9-11-17)18(3,4)5/h16-17H,6-15H2,1-5H3. The number of ether oxygens (including phenoxy) is 1. The van der Waals surface area contributed by atoms with E-state index in [1.165, 1.54) is 51.6 Å². The Bertz CT molecular complexity index is 232. The third kappa shape index (κ3) is 6.58. The minimum Gasteiger partial charge on any atom is -0.377 e. The lowest BCUT2D eigenvalue weighted by molar-refractivity contribution is -0.00482. The Morgan fingerprint density at radius 1 is 0.900 bits per heavy atom. The van der Waals surface area contributed by atoms with Crippen molar-refractivity contribution in [2.45, 2.75) is 79.2 Å². The van der Waals surface area contributed by atoms with Crippen LogP contribution in [0.4, 0.5) is 0 Å². The van der Waals surface area contributed by atoms with Crippen molar-refractivity contribution in [1.82, 2.24) is 4.90 Å². The summed E-state index contributed by atoms with van der Waals surface area (Å²) >= 11 is 0. The van der Waals surface area contributed by atoms with Crippen LogP contribution in [0.3, 0.4) is 0 Å². The molecule has 2 nitrogen and oxygen atoms in total. The first-order valence-corrected chi connectivity index (χ1v) is 8.81. The number of rotatable bonds is 8. The SMILES string of the molecule is CCCN(CCC)CCOC1CCC(C(C)(C)C)CC1. The minimum absolute atomic E-state index is 0.476. The van der Waals surface area contributed by atoms with Gasteiger partial charge in [0.05, 0.1) is 12.7 Å². The molecule has 0 N–H and O–H groups in total. The third-order valence-electron chi connectivity index (χ3n) is 4.74. The zero-order chi connectivity index (χ0) is 15.0. The van der Waals surface area contributed by atoms with Gasteiger partial charge in [0.15, 0.2) is 0 Å². The van der Waals surface area contributed by atoms with Gasteiger partial charge in [-0.05, 0) is 62.9 Å². The van der Waals surface area contributed by atoms with Crippen LogP contribution in [-0.2, 0) is 4.74 Å². The molecule has 0 bridgehead atoms. The van der Waals surface area contributed by atoms with Crippen molar-refractivity contribution >= 4 is 0 Å². The molecule has 1 aliphatic rings. The summed E-state index contributed by atoms with van der Waals surface area (Å²) in [5.41, 5.74) is 0.476. The van der Waals surface area contributed by atoms with Gasteiger partial charge in [-0.25, -0.2) is 0 Å². The zero-order valence-corrected chi connectivity index (χ0v) is 14.6. The van der Waals surface area contributed by atoms with Crippen molar-refractivity contribution in [3.63, 3.8) is 0 Å². The first-order chi connectivity index (χ1) is 9.47. The highest BCUT2D eigenvalue weighted by molar-refractivity contribution is 4.80. The molecule has 2 heteroatoms. The van der Waals surface area contributed by atoms with Crippen LogP contribution in [0.5, 0.6) is 0 Å². The fourth-order valence-corrected chi connectivity index (χ4v) is 3.41. The highest BCUT2D eigenvalue weighted by atomic mass is 16.5. The zero-order valence-electron chi connectivity index (χ0n) is 14.6. The molecule has 0 aliphatic heterocycles. The van der Waals surface area contributed by atoms with Crippen LogP contribution in [0.15, 0.2) is 0 Å². The van der Waals surface area contributed by atoms with Gasteiger partial charge >= 0.3 is 0 Å². The van der Waals surface area contributed by atoms with Crippen LogP contribution in [0.2, 0.25) is 0 Å². The highest BCUT2D eigenvalue weighted by Crippen LogP contribution is 2.38. The van der Waals surface area contributed by atoms with E-state index >= 15 is 0 Å². The van der Waals surface area contributed by atoms with Crippen molar-refractivity contribution in [3.05, 3.63) is 0 Å². The van der Waals surface area contributed by atoms with Gasteiger partial charge in [0, 0.05) is 6.54 Å². The number of hydrogen-bond acceptors (Lipinski definition) is 2. The lowest BCUT2D eigenvalue weighted by Gasteiger charge is -2.37. The molecule has 0 aromatic heterocycles. The molecule has 0 saturated heterocycles. The predicted molar refractivity (Wildman–Crippen MR) is 88.2 cm³/mol. The van der Waals surface area contributed by atoms with Crippen molar-refractivity contribution < 1.29 is 4.74 Å². The highest BCUT2D eigenvalue weighted by Gasteiger charge is 2.29. The Labute approximate surface area is 127 Å². The second-order valence-electron chi connectivity index (χ2n) is 7.55. The molecule has 0 atom stereocenters. The summed E-state index contributed by atoms with van der Waals surface area (Å²) in [5, 5.41) is 0. The van der Waals surface area contributed by atoms with Crippen LogP contribution in [0.1, 0.15) is 73.1 Å². The van der Waals surface area contributed by atoms with Gasteiger partial charge in [-0.2, -0.15) is 0 Å². The van der Waals surface area contributed by atoms with E-state index in [-0.39, 0.29) is 0 Å². The van der Waals surface area contributed by atoms with Gasteiger partial charge in [-0.15, -0.1) is 0 Å². The molecule has 0 aromatic rings. The summed E-state index contributed by atoms with van der Waals surface area (Å²) in [7, 11) is 0. The molecule has 1 saturated carbocycles. The van der Waals surface area contributed by atoms with Gasteiger partial charge in [0.1, 0.15) is 0 Å². The van der Waals surface area contributed by atoms with Gasteiger partial charge < -0.3 is 9.64 Å². The molecule has 0 unspecified atom stereocenters. The van der Waals surface area contributed by atoms with Crippen LogP contribution in [-0.4, -0.2) is 37.2 Å². The predicted octanol–water partition coefficient (Wildman–Crippen LogP) is 4.73. The van der Waals surface area contributed by atoms with Crippen LogP contribution >= 0.6 is 0 Å². The summed E-state index contributed by atoms with van der Waals surface area (Å²) in [4.78, 5) is 2.54. The van der Waals surface area contributed by atoms with E-state index in [1.807, 2.05) is 0 Å². The Morgan fingerprint density at radius 2 is 1.45 bits per heavy atom. The second-order valence-corrected chi connectivity index (χ2v) is 7.55. The largest absolute Gasteiger partial charge is 0.377 e. The molecule has 120 valence electrons. The van der Waals surface area contributed by atoms with Crippen molar-refractivity contribution in [1.29, 1.82) is 0 Å². The van der Waals surface area contributed by atoms with Gasteiger partial charge in [-0.1, -0.05) is 34.6 Å². The van der Waals surface area contributed by atoms with Crippen LogP contribution < -0.4 is 0 Å². The average molecular weight is 284 g/mol. The Hall–Kier alpha value is -0.0800. The van der Waals surface area contributed by atoms with Crippen LogP contribution in [0.25, 0.3) is 0 Å². The third-order valence-corrected chi connectivity index (χ3v) is 4.74. The summed E-state index contributed by atoms with van der Waals surface area (Å²) in [5.74, 6) is 0.888. The fourth-order valence-electron chi connectivity index (χ4n) is 3.41. The molecule has 1 aliphatic carbocycles. The maximum absolute atomic E-state index is 6.13. The lowest BCUT2D eigenvalue weighted by Crippen LogP contribution is -2.33. The smallest absolute Gasteiger partial charge is 0.0597 e. The van der Waals surface area contributed by atoms with Gasteiger partial charge in [0.2, 0.25) is 0 Å². The maximum atomic E-state index is 6.13. The van der Waals surface area contributed by atoms with E-state index in [2.05, 4.69) is 39.5 Å². The molecule has 1 rings (SSSR count). The molecular formula is C18H37NO. The average Bonchev–Trinajstić information content (AvgIpc) is 2.39. The van der Waals surface area contributed by atoms with E-state index < -0.39 is 0 Å².